The van der Waals surface area contributed by atoms with E-state index in [9.17, 15) is 15.0 Å². The molecule has 5 nitrogen and oxygen atoms in total. The molecule has 0 aliphatic carbocycles. The third-order valence-electron chi connectivity index (χ3n) is 2.56. The van der Waals surface area contributed by atoms with E-state index in [4.69, 9.17) is 0 Å². The molecule has 1 rings (SSSR count). The molecule has 0 aromatic carbocycles. The number of amides is 1. The Morgan fingerprint density at radius 2 is 2.24 bits per heavy atom. The molecular formula is C12H18N2O3. The number of hydrogen-bond acceptors (Lipinski definition) is 4. The fraction of sp³-hybridized carbons (Fsp3) is 0.500. The van der Waals surface area contributed by atoms with E-state index < -0.39 is 12.2 Å². The van der Waals surface area contributed by atoms with Crippen molar-refractivity contribution in [3.05, 3.63) is 29.6 Å². The summed E-state index contributed by atoms with van der Waals surface area (Å²) in [4.78, 5) is 14.6. The van der Waals surface area contributed by atoms with Crippen LogP contribution in [0.4, 0.5) is 0 Å². The smallest absolute Gasteiger partial charge is 0.216 e. The Hall–Kier alpha value is -1.46. The van der Waals surface area contributed by atoms with E-state index >= 15 is 0 Å². The Morgan fingerprint density at radius 1 is 1.53 bits per heavy atom. The number of carbonyl (C=O) groups is 1. The van der Waals surface area contributed by atoms with Gasteiger partial charge in [-0.05, 0) is 30.5 Å². The molecule has 1 aromatic heterocycles. The lowest BCUT2D eigenvalue weighted by atomic mass is 9.99. The van der Waals surface area contributed by atoms with Crippen LogP contribution in [0.25, 0.3) is 0 Å². The minimum atomic E-state index is -0.952. The van der Waals surface area contributed by atoms with Crippen molar-refractivity contribution in [1.29, 1.82) is 0 Å². The number of aliphatic hydroxyl groups excluding tert-OH is 2. The van der Waals surface area contributed by atoms with E-state index in [0.29, 0.717) is 18.5 Å². The predicted molar refractivity (Wildman–Crippen MR) is 63.2 cm³/mol. The zero-order valence-electron chi connectivity index (χ0n) is 10.1. The Kier molecular flexibility index (Phi) is 5.06. The first-order chi connectivity index (χ1) is 8.02. The van der Waals surface area contributed by atoms with E-state index in [-0.39, 0.29) is 5.91 Å². The van der Waals surface area contributed by atoms with Crippen LogP contribution in [0.2, 0.25) is 0 Å². The first-order valence-corrected chi connectivity index (χ1v) is 5.53. The van der Waals surface area contributed by atoms with Gasteiger partial charge < -0.3 is 15.5 Å². The average Bonchev–Trinajstić information content (AvgIpc) is 2.28. The number of nitrogens with one attached hydrogen (secondary N) is 1. The zero-order valence-corrected chi connectivity index (χ0v) is 10.1. The van der Waals surface area contributed by atoms with Gasteiger partial charge in [0.15, 0.2) is 0 Å². The highest BCUT2D eigenvalue weighted by Gasteiger charge is 2.19. The van der Waals surface area contributed by atoms with Crippen LogP contribution in [0.1, 0.15) is 30.6 Å². The lowest BCUT2D eigenvalue weighted by molar-refractivity contribution is -0.119. The molecule has 0 bridgehead atoms. The van der Waals surface area contributed by atoms with Crippen LogP contribution in [0, 0.1) is 6.92 Å². The third-order valence-corrected chi connectivity index (χ3v) is 2.56. The normalized spacial score (nSPS) is 14.1. The fourth-order valence-electron chi connectivity index (χ4n) is 1.58. The van der Waals surface area contributed by atoms with Gasteiger partial charge in [0.2, 0.25) is 5.91 Å². The molecule has 1 heterocycles. The molecule has 0 fully saturated rings. The van der Waals surface area contributed by atoms with Gasteiger partial charge in [-0.15, -0.1) is 0 Å². The molecule has 2 unspecified atom stereocenters. The average molecular weight is 238 g/mol. The zero-order chi connectivity index (χ0) is 12.8. The molecule has 0 saturated carbocycles. The summed E-state index contributed by atoms with van der Waals surface area (Å²) in [5, 5.41) is 22.3. The molecule has 94 valence electrons. The Labute approximate surface area is 101 Å². The maximum absolute atomic E-state index is 10.7. The lowest BCUT2D eigenvalue weighted by Crippen LogP contribution is -2.27. The Balaban J connectivity index is 2.55. The number of aromatic nitrogens is 1. The molecule has 17 heavy (non-hydrogen) atoms. The molecule has 2 atom stereocenters. The van der Waals surface area contributed by atoms with E-state index in [1.807, 2.05) is 6.92 Å². The second kappa shape index (κ2) is 6.32. The van der Waals surface area contributed by atoms with Crippen LogP contribution in [-0.4, -0.2) is 33.8 Å². The Morgan fingerprint density at radius 3 is 2.82 bits per heavy atom. The number of carbonyl (C=O) groups excluding carboxylic acids is 1. The van der Waals surface area contributed by atoms with Gasteiger partial charge in [0, 0.05) is 25.9 Å². The molecular weight excluding hydrogens is 220 g/mol. The predicted octanol–water partition coefficient (Wildman–Crippen LogP) is 0.311. The third kappa shape index (κ3) is 4.13. The van der Waals surface area contributed by atoms with E-state index in [0.717, 1.165) is 5.56 Å². The highest BCUT2D eigenvalue weighted by molar-refractivity contribution is 5.72. The lowest BCUT2D eigenvalue weighted by Gasteiger charge is -2.19. The first-order valence-electron chi connectivity index (χ1n) is 5.53. The number of nitrogens with zero attached hydrogens (tertiary/aromatic N) is 1. The molecule has 0 radical (unpaired) electrons. The molecule has 3 N–H and O–H groups in total. The molecule has 5 heteroatoms. The summed E-state index contributed by atoms with van der Waals surface area (Å²) < 4.78 is 0. The van der Waals surface area contributed by atoms with Crippen LogP contribution in [0.15, 0.2) is 18.5 Å². The summed E-state index contributed by atoms with van der Waals surface area (Å²) in [5.74, 6) is -0.146. The molecule has 0 aliphatic rings. The van der Waals surface area contributed by atoms with Crippen LogP contribution in [-0.2, 0) is 4.79 Å². The monoisotopic (exact) mass is 238 g/mol. The molecule has 1 aromatic rings. The highest BCUT2D eigenvalue weighted by Crippen LogP contribution is 2.21. The summed E-state index contributed by atoms with van der Waals surface area (Å²) in [6.45, 7) is 3.58. The summed E-state index contributed by atoms with van der Waals surface area (Å²) in [6, 6.07) is 1.68. The summed E-state index contributed by atoms with van der Waals surface area (Å²) in [5.41, 5.74) is 1.49. The van der Waals surface area contributed by atoms with Gasteiger partial charge in [-0.3, -0.25) is 9.78 Å². The number of pyridine rings is 1. The minimum Gasteiger partial charge on any atom is -0.390 e. The van der Waals surface area contributed by atoms with Crippen molar-refractivity contribution in [2.24, 2.45) is 0 Å². The van der Waals surface area contributed by atoms with Gasteiger partial charge >= 0.3 is 0 Å². The van der Waals surface area contributed by atoms with Gasteiger partial charge in [0.25, 0.3) is 0 Å². The first kappa shape index (κ1) is 13.6. The van der Waals surface area contributed by atoms with Gasteiger partial charge in [0.1, 0.15) is 6.10 Å². The van der Waals surface area contributed by atoms with E-state index in [1.165, 1.54) is 6.92 Å². The molecule has 0 spiro atoms. The van der Waals surface area contributed by atoms with E-state index in [1.54, 1.807) is 18.5 Å². The van der Waals surface area contributed by atoms with Crippen molar-refractivity contribution in [2.75, 3.05) is 6.54 Å². The summed E-state index contributed by atoms with van der Waals surface area (Å²) in [6.07, 6.45) is 1.67. The SMILES string of the molecule is CC(=O)NCCC(O)C(O)c1ccncc1C. The van der Waals surface area contributed by atoms with Gasteiger partial charge in [-0.2, -0.15) is 0 Å². The molecule has 0 aliphatic heterocycles. The molecule has 1 amide bonds. The van der Waals surface area contributed by atoms with Crippen molar-refractivity contribution in [3.8, 4) is 0 Å². The van der Waals surface area contributed by atoms with Crippen molar-refractivity contribution in [3.63, 3.8) is 0 Å². The summed E-state index contributed by atoms with van der Waals surface area (Å²) >= 11 is 0. The largest absolute Gasteiger partial charge is 0.390 e. The van der Waals surface area contributed by atoms with Crippen molar-refractivity contribution in [1.82, 2.24) is 10.3 Å². The maximum atomic E-state index is 10.7. The second-order valence-corrected chi connectivity index (χ2v) is 4.02. The number of hydrogen-bond donors (Lipinski definition) is 3. The maximum Gasteiger partial charge on any atom is 0.216 e. The number of aliphatic hydroxyl groups is 2. The Bertz CT molecular complexity index is 382. The second-order valence-electron chi connectivity index (χ2n) is 4.02. The summed E-state index contributed by atoms with van der Waals surface area (Å²) in [7, 11) is 0. The number of rotatable bonds is 5. The number of aryl methyl sites for hydroxylation is 1. The van der Waals surface area contributed by atoms with Crippen molar-refractivity contribution >= 4 is 5.91 Å². The van der Waals surface area contributed by atoms with Crippen molar-refractivity contribution in [2.45, 2.75) is 32.5 Å². The van der Waals surface area contributed by atoms with Crippen molar-refractivity contribution < 1.29 is 15.0 Å². The van der Waals surface area contributed by atoms with Crippen LogP contribution < -0.4 is 5.32 Å². The fourth-order valence-corrected chi connectivity index (χ4v) is 1.58. The minimum absolute atomic E-state index is 0.146. The quantitative estimate of drug-likeness (QED) is 0.689. The van der Waals surface area contributed by atoms with Crippen LogP contribution in [0.5, 0.6) is 0 Å². The molecule has 0 saturated heterocycles. The highest BCUT2D eigenvalue weighted by atomic mass is 16.3. The standard InChI is InChI=1S/C12H18N2O3/c1-8-7-13-5-3-10(8)12(17)11(16)4-6-14-9(2)15/h3,5,7,11-12,16-17H,4,6H2,1-2H3,(H,14,15). The topological polar surface area (TPSA) is 82.5 Å². The van der Waals surface area contributed by atoms with Crippen LogP contribution >= 0.6 is 0 Å². The van der Waals surface area contributed by atoms with Gasteiger partial charge in [0.05, 0.1) is 6.10 Å². The van der Waals surface area contributed by atoms with Crippen LogP contribution in [0.3, 0.4) is 0 Å². The van der Waals surface area contributed by atoms with E-state index in [2.05, 4.69) is 10.3 Å². The van der Waals surface area contributed by atoms with Gasteiger partial charge in [-0.25, -0.2) is 0 Å². The van der Waals surface area contributed by atoms with Gasteiger partial charge in [-0.1, -0.05) is 0 Å².